The Balaban J connectivity index is 3.46. The highest BCUT2D eigenvalue weighted by Crippen LogP contribution is 2.30. The van der Waals surface area contributed by atoms with E-state index < -0.39 is 6.43 Å². The average molecular weight is 314 g/mol. The maximum Gasteiger partial charge on any atom is 0.266 e. The van der Waals surface area contributed by atoms with Crippen molar-refractivity contribution < 1.29 is 8.78 Å². The van der Waals surface area contributed by atoms with Crippen LogP contribution in [0.5, 0.6) is 0 Å². The van der Waals surface area contributed by atoms with E-state index in [4.69, 9.17) is 16.9 Å². The fourth-order valence-corrected chi connectivity index (χ4v) is 1.63. The summed E-state index contributed by atoms with van der Waals surface area (Å²) in [5, 5.41) is 8.38. The van der Waals surface area contributed by atoms with Crippen molar-refractivity contribution in [2.24, 2.45) is 0 Å². The molecular weight excluding hydrogens is 312 g/mol. The van der Waals surface area contributed by atoms with Crippen molar-refractivity contribution in [1.82, 2.24) is 4.98 Å². The molecule has 0 aliphatic carbocycles. The SMILES string of the molecule is N#Cc1c(Cl)ncc(I)c1C(F)F. The number of halogens is 4. The highest BCUT2D eigenvalue weighted by molar-refractivity contribution is 14.1. The van der Waals surface area contributed by atoms with Crippen molar-refractivity contribution in [3.05, 3.63) is 26.0 Å². The lowest BCUT2D eigenvalue weighted by molar-refractivity contribution is 0.150. The zero-order chi connectivity index (χ0) is 10.0. The Morgan fingerprint density at radius 1 is 1.62 bits per heavy atom. The maximum atomic E-state index is 12.4. The minimum atomic E-state index is -2.71. The smallest absolute Gasteiger partial charge is 0.242 e. The van der Waals surface area contributed by atoms with Crippen molar-refractivity contribution in [2.45, 2.75) is 6.43 Å². The van der Waals surface area contributed by atoms with Gasteiger partial charge in [-0.15, -0.1) is 0 Å². The number of pyridine rings is 1. The largest absolute Gasteiger partial charge is 0.266 e. The molecule has 0 fully saturated rings. The molecule has 0 aromatic carbocycles. The van der Waals surface area contributed by atoms with Crippen LogP contribution in [-0.4, -0.2) is 4.98 Å². The van der Waals surface area contributed by atoms with Crippen LogP contribution in [-0.2, 0) is 0 Å². The molecule has 0 spiro atoms. The maximum absolute atomic E-state index is 12.4. The fourth-order valence-electron chi connectivity index (χ4n) is 0.798. The summed E-state index contributed by atoms with van der Waals surface area (Å²) in [5.41, 5.74) is -0.591. The number of hydrogen-bond acceptors (Lipinski definition) is 2. The van der Waals surface area contributed by atoms with Crippen LogP contribution in [0.1, 0.15) is 17.6 Å². The van der Waals surface area contributed by atoms with Crippen LogP contribution < -0.4 is 0 Å². The van der Waals surface area contributed by atoms with Gasteiger partial charge in [0.2, 0.25) is 0 Å². The molecule has 0 bridgehead atoms. The molecule has 1 aromatic rings. The van der Waals surface area contributed by atoms with Gasteiger partial charge < -0.3 is 0 Å². The van der Waals surface area contributed by atoms with Gasteiger partial charge in [-0.1, -0.05) is 11.6 Å². The summed E-state index contributed by atoms with van der Waals surface area (Å²) in [7, 11) is 0. The molecule has 13 heavy (non-hydrogen) atoms. The van der Waals surface area contributed by atoms with Gasteiger partial charge in [0.15, 0.2) is 0 Å². The Labute approximate surface area is 91.7 Å². The second-order valence-corrected chi connectivity index (χ2v) is 3.62. The molecule has 0 N–H and O–H groups in total. The third-order valence-corrected chi connectivity index (χ3v) is 2.50. The van der Waals surface area contributed by atoms with Gasteiger partial charge in [-0.05, 0) is 22.6 Å². The van der Waals surface area contributed by atoms with Gasteiger partial charge in [0, 0.05) is 9.77 Å². The molecule has 0 saturated heterocycles. The molecule has 1 rings (SSSR count). The van der Waals surface area contributed by atoms with Gasteiger partial charge in [-0.2, -0.15) is 5.26 Å². The predicted octanol–water partition coefficient (Wildman–Crippen LogP) is 3.15. The Bertz CT molecular complexity index is 375. The van der Waals surface area contributed by atoms with E-state index in [2.05, 4.69) is 4.98 Å². The molecule has 68 valence electrons. The summed E-state index contributed by atoms with van der Waals surface area (Å²) >= 11 is 7.16. The monoisotopic (exact) mass is 314 g/mol. The van der Waals surface area contributed by atoms with Crippen molar-refractivity contribution in [2.75, 3.05) is 0 Å². The van der Waals surface area contributed by atoms with Crippen LogP contribution >= 0.6 is 34.2 Å². The molecule has 2 nitrogen and oxygen atoms in total. The van der Waals surface area contributed by atoms with Gasteiger partial charge >= 0.3 is 0 Å². The first-order chi connectivity index (χ1) is 6.07. The minimum absolute atomic E-state index is 0.182. The second kappa shape index (κ2) is 4.15. The number of rotatable bonds is 1. The molecule has 0 saturated carbocycles. The van der Waals surface area contributed by atoms with E-state index in [0.29, 0.717) is 0 Å². The van der Waals surface area contributed by atoms with Gasteiger partial charge in [0.25, 0.3) is 6.43 Å². The Morgan fingerprint density at radius 3 is 2.62 bits per heavy atom. The average Bonchev–Trinajstić information content (AvgIpc) is 2.07. The lowest BCUT2D eigenvalue weighted by atomic mass is 10.1. The standard InChI is InChI=1S/C7H2ClF2IN2/c8-6-3(1-12)5(7(9)10)4(11)2-13-6/h2,7H. The van der Waals surface area contributed by atoms with Crippen molar-refractivity contribution >= 4 is 34.2 Å². The van der Waals surface area contributed by atoms with E-state index in [-0.39, 0.29) is 19.9 Å². The second-order valence-electron chi connectivity index (χ2n) is 2.10. The molecule has 0 aliphatic rings. The zero-order valence-corrected chi connectivity index (χ0v) is 8.97. The van der Waals surface area contributed by atoms with Crippen molar-refractivity contribution in [3.63, 3.8) is 0 Å². The van der Waals surface area contributed by atoms with E-state index in [1.165, 1.54) is 6.20 Å². The predicted molar refractivity (Wildman–Crippen MR) is 51.6 cm³/mol. The molecule has 0 amide bonds. The van der Waals surface area contributed by atoms with E-state index in [9.17, 15) is 8.78 Å². The van der Waals surface area contributed by atoms with Gasteiger partial charge in [-0.3, -0.25) is 0 Å². The summed E-state index contributed by atoms with van der Waals surface area (Å²) in [4.78, 5) is 3.59. The highest BCUT2D eigenvalue weighted by atomic mass is 127. The normalized spacial score (nSPS) is 10.2. The zero-order valence-electron chi connectivity index (χ0n) is 6.06. The first-order valence-corrected chi connectivity index (χ1v) is 4.55. The fraction of sp³-hybridized carbons (Fsp3) is 0.143. The lowest BCUT2D eigenvalue weighted by Crippen LogP contribution is -1.97. The van der Waals surface area contributed by atoms with Crippen LogP contribution in [0.25, 0.3) is 0 Å². The molecular formula is C7H2ClF2IN2. The van der Waals surface area contributed by atoms with Crippen LogP contribution in [0.4, 0.5) is 8.78 Å². The van der Waals surface area contributed by atoms with Crippen LogP contribution in [0.2, 0.25) is 5.15 Å². The molecule has 0 radical (unpaired) electrons. The van der Waals surface area contributed by atoms with E-state index in [1.807, 2.05) is 0 Å². The third kappa shape index (κ3) is 2.06. The van der Waals surface area contributed by atoms with Crippen molar-refractivity contribution in [3.8, 4) is 6.07 Å². The van der Waals surface area contributed by atoms with Crippen LogP contribution in [0.3, 0.4) is 0 Å². The topological polar surface area (TPSA) is 36.7 Å². The molecule has 1 heterocycles. The molecule has 1 aromatic heterocycles. The van der Waals surface area contributed by atoms with Gasteiger partial charge in [0.1, 0.15) is 11.2 Å². The third-order valence-electron chi connectivity index (χ3n) is 1.35. The molecule has 0 aliphatic heterocycles. The Kier molecular flexibility index (Phi) is 3.39. The molecule has 0 atom stereocenters. The lowest BCUT2D eigenvalue weighted by Gasteiger charge is -2.05. The first kappa shape index (κ1) is 10.6. The molecule has 6 heteroatoms. The summed E-state index contributed by atoms with van der Waals surface area (Å²) in [6, 6.07) is 1.61. The summed E-state index contributed by atoms with van der Waals surface area (Å²) in [5.74, 6) is 0. The number of aromatic nitrogens is 1. The van der Waals surface area contributed by atoms with Crippen LogP contribution in [0.15, 0.2) is 6.20 Å². The summed E-state index contributed by atoms with van der Waals surface area (Å²) in [6.07, 6.45) is -1.49. The first-order valence-electron chi connectivity index (χ1n) is 3.10. The van der Waals surface area contributed by atoms with E-state index in [1.54, 1.807) is 28.7 Å². The quantitative estimate of drug-likeness (QED) is 0.590. The summed E-state index contributed by atoms with van der Waals surface area (Å²) < 4.78 is 25.1. The number of alkyl halides is 2. The minimum Gasteiger partial charge on any atom is -0.242 e. The molecule has 0 unspecified atom stereocenters. The number of nitrogens with zero attached hydrogens (tertiary/aromatic N) is 2. The highest BCUT2D eigenvalue weighted by Gasteiger charge is 2.19. The Morgan fingerprint density at radius 2 is 2.23 bits per heavy atom. The Hall–Kier alpha value is -0.480. The summed E-state index contributed by atoms with van der Waals surface area (Å²) in [6.45, 7) is 0. The number of hydrogen-bond donors (Lipinski definition) is 0. The van der Waals surface area contributed by atoms with E-state index in [0.717, 1.165) is 0 Å². The number of nitriles is 1. The van der Waals surface area contributed by atoms with Crippen LogP contribution in [0, 0.1) is 14.9 Å². The van der Waals surface area contributed by atoms with E-state index >= 15 is 0 Å². The van der Waals surface area contributed by atoms with Crippen molar-refractivity contribution in [1.29, 1.82) is 5.26 Å². The van der Waals surface area contributed by atoms with Gasteiger partial charge in [0.05, 0.1) is 11.1 Å². The van der Waals surface area contributed by atoms with Gasteiger partial charge in [-0.25, -0.2) is 13.8 Å².